The molecule has 1 N–H and O–H groups in total. The lowest BCUT2D eigenvalue weighted by Gasteiger charge is -2.03. The molecule has 3 rings (SSSR count). The van der Waals surface area contributed by atoms with Crippen LogP contribution in [0.5, 0.6) is 0 Å². The van der Waals surface area contributed by atoms with Crippen molar-refractivity contribution in [1.82, 2.24) is 9.78 Å². The standard InChI is InChI=1S/C20H16Cl2N4O5/c1-11(23-16-8-3-12(21)9-15(16)22)19-17(10-18(27)31-2)24-25(20(19)28)13-4-6-14(7-5-13)26(29)30/h3-9,24H,10H2,1-2H3. The van der Waals surface area contributed by atoms with Crippen LogP contribution >= 0.6 is 23.2 Å². The number of aliphatic imine (C=N–C) groups is 1. The van der Waals surface area contributed by atoms with Crippen molar-refractivity contribution in [2.24, 2.45) is 4.99 Å². The van der Waals surface area contributed by atoms with E-state index < -0.39 is 16.5 Å². The van der Waals surface area contributed by atoms with Gasteiger partial charge in [0.1, 0.15) is 0 Å². The van der Waals surface area contributed by atoms with Gasteiger partial charge in [-0.25, -0.2) is 4.68 Å². The van der Waals surface area contributed by atoms with Crippen molar-refractivity contribution >= 4 is 46.3 Å². The van der Waals surface area contributed by atoms with Gasteiger partial charge in [-0.05, 0) is 37.3 Å². The van der Waals surface area contributed by atoms with Gasteiger partial charge in [0.05, 0.1) is 51.8 Å². The minimum absolute atomic E-state index is 0.117. The van der Waals surface area contributed by atoms with Gasteiger partial charge in [0.15, 0.2) is 0 Å². The number of benzene rings is 2. The first-order chi connectivity index (χ1) is 14.7. The number of esters is 1. The summed E-state index contributed by atoms with van der Waals surface area (Å²) in [5.74, 6) is -0.560. The first-order valence-corrected chi connectivity index (χ1v) is 9.63. The first kappa shape index (κ1) is 22.3. The number of nitrogens with zero attached hydrogens (tertiary/aromatic N) is 3. The minimum atomic E-state index is -0.560. The fourth-order valence-corrected chi connectivity index (χ4v) is 3.36. The number of halogens is 2. The molecule has 0 bridgehead atoms. The number of aromatic amines is 1. The normalized spacial score (nSPS) is 11.4. The zero-order valence-electron chi connectivity index (χ0n) is 16.4. The van der Waals surface area contributed by atoms with E-state index in [0.29, 0.717) is 27.1 Å². The van der Waals surface area contributed by atoms with E-state index >= 15 is 0 Å². The molecule has 0 aliphatic rings. The number of nitrogens with one attached hydrogen (secondary N) is 1. The van der Waals surface area contributed by atoms with E-state index in [-0.39, 0.29) is 23.4 Å². The number of rotatable bonds is 6. The Morgan fingerprint density at radius 1 is 1.23 bits per heavy atom. The highest BCUT2D eigenvalue weighted by Gasteiger charge is 2.21. The lowest BCUT2D eigenvalue weighted by molar-refractivity contribution is -0.384. The third-order valence-electron chi connectivity index (χ3n) is 4.39. The average molecular weight is 463 g/mol. The van der Waals surface area contributed by atoms with Crippen molar-refractivity contribution in [2.45, 2.75) is 13.3 Å². The predicted molar refractivity (Wildman–Crippen MR) is 117 cm³/mol. The Bertz CT molecular complexity index is 1250. The molecule has 9 nitrogen and oxygen atoms in total. The molecule has 0 saturated carbocycles. The number of H-pyrrole nitrogens is 1. The molecule has 0 unspecified atom stereocenters. The molecule has 160 valence electrons. The molecule has 0 fully saturated rings. The number of non-ortho nitro benzene ring substituents is 1. The summed E-state index contributed by atoms with van der Waals surface area (Å²) < 4.78 is 5.90. The third-order valence-corrected chi connectivity index (χ3v) is 4.93. The average Bonchev–Trinajstić information content (AvgIpc) is 3.05. The van der Waals surface area contributed by atoms with Crippen molar-refractivity contribution in [3.63, 3.8) is 0 Å². The summed E-state index contributed by atoms with van der Waals surface area (Å²) in [6, 6.07) is 10.1. The van der Waals surface area contributed by atoms with Gasteiger partial charge in [-0.2, -0.15) is 0 Å². The van der Waals surface area contributed by atoms with Crippen LogP contribution in [-0.2, 0) is 16.0 Å². The predicted octanol–water partition coefficient (Wildman–Crippen LogP) is 4.24. The zero-order valence-corrected chi connectivity index (χ0v) is 17.9. The van der Waals surface area contributed by atoms with Crippen molar-refractivity contribution in [1.29, 1.82) is 0 Å². The van der Waals surface area contributed by atoms with Crippen LogP contribution < -0.4 is 5.56 Å². The molecule has 0 atom stereocenters. The summed E-state index contributed by atoms with van der Waals surface area (Å²) in [4.78, 5) is 39.8. The van der Waals surface area contributed by atoms with E-state index in [0.717, 1.165) is 0 Å². The molecular weight excluding hydrogens is 447 g/mol. The lowest BCUT2D eigenvalue weighted by Crippen LogP contribution is -2.20. The second kappa shape index (κ2) is 9.15. The number of hydrogen-bond acceptors (Lipinski definition) is 6. The lowest BCUT2D eigenvalue weighted by atomic mass is 10.1. The summed E-state index contributed by atoms with van der Waals surface area (Å²) >= 11 is 12.1. The van der Waals surface area contributed by atoms with Crippen molar-refractivity contribution in [3.05, 3.63) is 84.2 Å². The Morgan fingerprint density at radius 3 is 2.48 bits per heavy atom. The zero-order chi connectivity index (χ0) is 22.7. The minimum Gasteiger partial charge on any atom is -0.469 e. The van der Waals surface area contributed by atoms with Crippen LogP contribution in [0.15, 0.2) is 52.3 Å². The summed E-state index contributed by atoms with van der Waals surface area (Å²) in [7, 11) is 1.24. The number of methoxy groups -OCH3 is 1. The molecule has 1 aromatic heterocycles. The first-order valence-electron chi connectivity index (χ1n) is 8.87. The van der Waals surface area contributed by atoms with Crippen LogP contribution in [0.1, 0.15) is 18.2 Å². The Morgan fingerprint density at radius 2 is 1.90 bits per heavy atom. The van der Waals surface area contributed by atoms with Gasteiger partial charge in [0, 0.05) is 17.2 Å². The van der Waals surface area contributed by atoms with E-state index in [4.69, 9.17) is 27.9 Å². The summed E-state index contributed by atoms with van der Waals surface area (Å²) in [5, 5.41) is 14.5. The Balaban J connectivity index is 2.13. The highest BCUT2D eigenvalue weighted by atomic mass is 35.5. The van der Waals surface area contributed by atoms with Gasteiger partial charge in [-0.3, -0.25) is 29.8 Å². The maximum Gasteiger partial charge on any atom is 0.311 e. The van der Waals surface area contributed by atoms with Crippen molar-refractivity contribution < 1.29 is 14.5 Å². The van der Waals surface area contributed by atoms with Gasteiger partial charge >= 0.3 is 5.97 Å². The van der Waals surface area contributed by atoms with Gasteiger partial charge in [-0.15, -0.1) is 0 Å². The second-order valence-electron chi connectivity index (χ2n) is 6.43. The number of hydrogen-bond donors (Lipinski definition) is 1. The molecule has 0 amide bonds. The molecule has 31 heavy (non-hydrogen) atoms. The Labute approximate surface area is 186 Å². The van der Waals surface area contributed by atoms with E-state index in [1.54, 1.807) is 19.1 Å². The second-order valence-corrected chi connectivity index (χ2v) is 7.27. The summed E-state index contributed by atoms with van der Waals surface area (Å²) in [6.07, 6.45) is -0.206. The monoisotopic (exact) mass is 462 g/mol. The molecule has 2 aromatic carbocycles. The number of carbonyl (C=O) groups excluding carboxylic acids is 1. The van der Waals surface area contributed by atoms with Gasteiger partial charge < -0.3 is 4.74 Å². The van der Waals surface area contributed by atoms with Crippen molar-refractivity contribution in [2.75, 3.05) is 7.11 Å². The maximum atomic E-state index is 13.2. The van der Waals surface area contributed by atoms with Crippen LogP contribution in [0, 0.1) is 10.1 Å². The molecular formula is C20H16Cl2N4O5. The van der Waals surface area contributed by atoms with E-state index in [9.17, 15) is 19.7 Å². The molecule has 1 heterocycles. The fraction of sp³-hybridized carbons (Fsp3) is 0.150. The quantitative estimate of drug-likeness (QED) is 0.254. The smallest absolute Gasteiger partial charge is 0.311 e. The topological polar surface area (TPSA) is 120 Å². The highest BCUT2D eigenvalue weighted by Crippen LogP contribution is 2.28. The largest absolute Gasteiger partial charge is 0.469 e. The van der Waals surface area contributed by atoms with Gasteiger partial charge in [0.25, 0.3) is 11.2 Å². The number of nitro groups is 1. The van der Waals surface area contributed by atoms with Crippen molar-refractivity contribution in [3.8, 4) is 5.69 Å². The molecule has 3 aromatic rings. The number of carbonyl (C=O) groups is 1. The number of aromatic nitrogens is 2. The van der Waals surface area contributed by atoms with E-state index in [1.807, 2.05) is 0 Å². The maximum absolute atomic E-state index is 13.2. The fourth-order valence-electron chi connectivity index (χ4n) is 2.91. The molecule has 0 radical (unpaired) electrons. The van der Waals surface area contributed by atoms with Crippen LogP contribution in [-0.4, -0.2) is 33.5 Å². The number of ether oxygens (including phenoxy) is 1. The number of nitro benzene ring substituents is 1. The van der Waals surface area contributed by atoms with E-state index in [1.165, 1.54) is 42.1 Å². The van der Waals surface area contributed by atoms with E-state index in [2.05, 4.69) is 10.1 Å². The third kappa shape index (κ3) is 4.84. The van der Waals surface area contributed by atoms with Crippen LogP contribution in [0.4, 0.5) is 11.4 Å². The SMILES string of the molecule is COC(=O)Cc1[nH]n(-c2ccc([N+](=O)[O-])cc2)c(=O)c1C(C)=Nc1ccc(Cl)cc1Cl. The Kier molecular flexibility index (Phi) is 6.57. The molecule has 11 heteroatoms. The Hall–Kier alpha value is -3.43. The molecule has 0 aliphatic heterocycles. The molecule has 0 saturated heterocycles. The van der Waals surface area contributed by atoms with Crippen LogP contribution in [0.25, 0.3) is 5.69 Å². The van der Waals surface area contributed by atoms with Crippen LogP contribution in [0.3, 0.4) is 0 Å². The van der Waals surface area contributed by atoms with Gasteiger partial charge in [-0.1, -0.05) is 23.2 Å². The molecule has 0 spiro atoms. The summed E-state index contributed by atoms with van der Waals surface area (Å²) in [5.41, 5.74) is 0.897. The molecule has 0 aliphatic carbocycles. The van der Waals surface area contributed by atoms with Gasteiger partial charge in [0.2, 0.25) is 0 Å². The van der Waals surface area contributed by atoms with Crippen LogP contribution in [0.2, 0.25) is 10.0 Å². The highest BCUT2D eigenvalue weighted by molar-refractivity contribution is 6.36. The summed E-state index contributed by atoms with van der Waals surface area (Å²) in [6.45, 7) is 1.61.